The monoisotopic (exact) mass is 317 g/mol. The van der Waals surface area contributed by atoms with E-state index in [0.29, 0.717) is 0 Å². The Morgan fingerprint density at radius 3 is 2.40 bits per heavy atom. The van der Waals surface area contributed by atoms with Crippen LogP contribution in [-0.4, -0.2) is 17.9 Å². The van der Waals surface area contributed by atoms with E-state index in [4.69, 9.17) is 0 Å². The van der Waals surface area contributed by atoms with Crippen molar-refractivity contribution < 1.29 is 19.8 Å². The fourth-order valence-electron chi connectivity index (χ4n) is 1.02. The minimum Gasteiger partial charge on any atom is -0.469 e. The number of aliphatic imine (C=N–C) groups is 1. The van der Waals surface area contributed by atoms with Crippen LogP contribution in [-0.2, 0) is 19.8 Å². The summed E-state index contributed by atoms with van der Waals surface area (Å²) in [6.45, 7) is 7.19. The minimum atomic E-state index is 0. The SMILES string of the molecule is CC1=NCCC(C)(C)[N-]1.[Os+]. The van der Waals surface area contributed by atoms with Crippen LogP contribution < -0.4 is 0 Å². The van der Waals surface area contributed by atoms with E-state index in [1.807, 2.05) is 6.92 Å². The van der Waals surface area contributed by atoms with Crippen molar-refractivity contribution in [1.82, 2.24) is 0 Å². The Hall–Kier alpha value is 0.106. The molecule has 0 N–H and O–H groups in total. The zero-order valence-electron chi connectivity index (χ0n) is 6.66. The average Bonchev–Trinajstić information content (AvgIpc) is 1.60. The molecule has 0 atom stereocenters. The summed E-state index contributed by atoms with van der Waals surface area (Å²) in [5.74, 6) is 0.950. The molecule has 59 valence electrons. The molecule has 0 saturated heterocycles. The second kappa shape index (κ2) is 3.48. The van der Waals surface area contributed by atoms with Crippen molar-refractivity contribution in [2.45, 2.75) is 32.7 Å². The third-order valence-corrected chi connectivity index (χ3v) is 1.53. The van der Waals surface area contributed by atoms with Crippen molar-refractivity contribution in [2.75, 3.05) is 6.54 Å². The molecule has 0 aromatic carbocycles. The van der Waals surface area contributed by atoms with E-state index in [2.05, 4.69) is 24.2 Å². The molecule has 0 aromatic rings. The molecule has 1 rings (SSSR count). The standard InChI is InChI=1S/C7H13N2.Os/c1-6-8-5-4-7(2,3)9-6;/h4-5H2,1-3H3;/q-1;+1. The Morgan fingerprint density at radius 2 is 2.10 bits per heavy atom. The maximum absolute atomic E-state index is 4.36. The molecule has 1 aliphatic rings. The zero-order chi connectivity index (χ0) is 6.91. The third-order valence-electron chi connectivity index (χ3n) is 1.53. The van der Waals surface area contributed by atoms with Crippen LogP contribution in [0.25, 0.3) is 5.32 Å². The minimum absolute atomic E-state index is 0. The summed E-state index contributed by atoms with van der Waals surface area (Å²) in [6, 6.07) is 0. The van der Waals surface area contributed by atoms with E-state index in [0.717, 1.165) is 18.8 Å². The third kappa shape index (κ3) is 2.79. The van der Waals surface area contributed by atoms with Gasteiger partial charge in [0.25, 0.3) is 0 Å². The Kier molecular flexibility index (Phi) is 3.52. The predicted molar refractivity (Wildman–Crippen MR) is 40.0 cm³/mol. The molecule has 0 aromatic heterocycles. The normalized spacial score (nSPS) is 22.1. The summed E-state index contributed by atoms with van der Waals surface area (Å²) < 4.78 is 0. The molecule has 0 saturated carbocycles. The van der Waals surface area contributed by atoms with E-state index < -0.39 is 0 Å². The summed E-state index contributed by atoms with van der Waals surface area (Å²) in [7, 11) is 0. The van der Waals surface area contributed by atoms with Gasteiger partial charge in [-0.3, -0.25) is 0 Å². The van der Waals surface area contributed by atoms with E-state index >= 15 is 0 Å². The van der Waals surface area contributed by atoms with Gasteiger partial charge in [0.05, 0.1) is 0 Å². The van der Waals surface area contributed by atoms with Gasteiger partial charge in [0.15, 0.2) is 0 Å². The molecule has 0 amide bonds. The largest absolute Gasteiger partial charge is 1.00 e. The number of hydrogen-bond donors (Lipinski definition) is 0. The Labute approximate surface area is 75.5 Å². The van der Waals surface area contributed by atoms with Gasteiger partial charge in [-0.25, -0.2) is 0 Å². The van der Waals surface area contributed by atoms with Crippen LogP contribution in [0.4, 0.5) is 0 Å². The fraction of sp³-hybridized carbons (Fsp3) is 0.857. The van der Waals surface area contributed by atoms with Crippen molar-refractivity contribution in [3.8, 4) is 0 Å². The predicted octanol–water partition coefficient (Wildman–Crippen LogP) is 1.96. The smallest absolute Gasteiger partial charge is 0.469 e. The first-order chi connectivity index (χ1) is 4.10. The summed E-state index contributed by atoms with van der Waals surface area (Å²) in [4.78, 5) is 4.18. The van der Waals surface area contributed by atoms with Crippen LogP contribution in [0.1, 0.15) is 27.2 Å². The molecular formula is C7H13N2Os. The number of hydrogen-bond acceptors (Lipinski definition) is 1. The average molecular weight is 315 g/mol. The Morgan fingerprint density at radius 1 is 1.50 bits per heavy atom. The molecule has 10 heavy (non-hydrogen) atoms. The fourth-order valence-corrected chi connectivity index (χ4v) is 1.02. The van der Waals surface area contributed by atoms with Crippen molar-refractivity contribution >= 4 is 5.84 Å². The van der Waals surface area contributed by atoms with Crippen LogP contribution in [0.15, 0.2) is 4.99 Å². The number of rotatable bonds is 0. The molecule has 0 fully saturated rings. The van der Waals surface area contributed by atoms with E-state index in [9.17, 15) is 0 Å². The van der Waals surface area contributed by atoms with Crippen LogP contribution in [0.2, 0.25) is 0 Å². The Bertz CT molecular complexity index is 141. The Balaban J connectivity index is 0.000000810. The van der Waals surface area contributed by atoms with Gasteiger partial charge in [-0.05, 0) is 18.9 Å². The molecule has 0 aliphatic carbocycles. The van der Waals surface area contributed by atoms with Crippen molar-refractivity contribution in [2.24, 2.45) is 4.99 Å². The zero-order valence-corrected chi connectivity index (χ0v) is 9.20. The van der Waals surface area contributed by atoms with Crippen LogP contribution in [0.5, 0.6) is 0 Å². The van der Waals surface area contributed by atoms with Crippen molar-refractivity contribution in [3.63, 3.8) is 0 Å². The van der Waals surface area contributed by atoms with Gasteiger partial charge in [-0.15, -0.1) is 0 Å². The number of nitrogens with zero attached hydrogens (tertiary/aromatic N) is 2. The molecule has 3 heteroatoms. The van der Waals surface area contributed by atoms with Gasteiger partial charge in [-0.2, -0.15) is 0 Å². The molecule has 1 heterocycles. The van der Waals surface area contributed by atoms with Crippen molar-refractivity contribution in [3.05, 3.63) is 5.32 Å². The second-order valence-corrected chi connectivity index (χ2v) is 3.10. The molecule has 1 aliphatic heterocycles. The van der Waals surface area contributed by atoms with Gasteiger partial charge < -0.3 is 10.3 Å². The summed E-state index contributed by atoms with van der Waals surface area (Å²) in [5, 5.41) is 4.36. The van der Waals surface area contributed by atoms with Gasteiger partial charge >= 0.3 is 19.8 Å². The van der Waals surface area contributed by atoms with Gasteiger partial charge in [0, 0.05) is 0 Å². The van der Waals surface area contributed by atoms with Crippen LogP contribution >= 0.6 is 0 Å². The molecule has 0 spiro atoms. The maximum Gasteiger partial charge on any atom is 1.00 e. The first-order valence-corrected chi connectivity index (χ1v) is 3.34. The van der Waals surface area contributed by atoms with Crippen LogP contribution in [0.3, 0.4) is 0 Å². The van der Waals surface area contributed by atoms with Gasteiger partial charge in [-0.1, -0.05) is 26.2 Å². The molecular weight excluding hydrogens is 302 g/mol. The van der Waals surface area contributed by atoms with Gasteiger partial charge in [0.1, 0.15) is 0 Å². The molecule has 1 radical (unpaired) electrons. The first kappa shape index (κ1) is 10.1. The topological polar surface area (TPSA) is 26.5 Å². The van der Waals surface area contributed by atoms with Gasteiger partial charge in [0.2, 0.25) is 0 Å². The quantitative estimate of drug-likeness (QED) is 0.653. The van der Waals surface area contributed by atoms with E-state index in [1.165, 1.54) is 0 Å². The second-order valence-electron chi connectivity index (χ2n) is 3.10. The number of amidine groups is 1. The van der Waals surface area contributed by atoms with Crippen LogP contribution in [0, 0.1) is 0 Å². The summed E-state index contributed by atoms with van der Waals surface area (Å²) in [6.07, 6.45) is 1.09. The molecule has 2 nitrogen and oxygen atoms in total. The summed E-state index contributed by atoms with van der Waals surface area (Å²) in [5.41, 5.74) is 0.145. The van der Waals surface area contributed by atoms with E-state index in [-0.39, 0.29) is 25.3 Å². The maximum atomic E-state index is 4.36. The summed E-state index contributed by atoms with van der Waals surface area (Å²) >= 11 is 0. The molecule has 0 unspecified atom stereocenters. The molecule has 0 bridgehead atoms. The van der Waals surface area contributed by atoms with E-state index in [1.54, 1.807) is 0 Å². The van der Waals surface area contributed by atoms with Crippen molar-refractivity contribution in [1.29, 1.82) is 0 Å². The first-order valence-electron chi connectivity index (χ1n) is 3.34.